The summed E-state index contributed by atoms with van der Waals surface area (Å²) in [4.78, 5) is 0. The molecule has 0 spiro atoms. The number of nitrogens with one attached hydrogen (secondary N) is 1. The van der Waals surface area contributed by atoms with Gasteiger partial charge in [-0.15, -0.1) is 0 Å². The fourth-order valence-electron chi connectivity index (χ4n) is 1.70. The lowest BCUT2D eigenvalue weighted by Gasteiger charge is -2.07. The molecule has 0 fully saturated rings. The molecule has 0 aliphatic rings. The quantitative estimate of drug-likeness (QED) is 0.778. The van der Waals surface area contributed by atoms with Gasteiger partial charge in [0.15, 0.2) is 0 Å². The minimum atomic E-state index is 0.617. The number of hydrogen-bond donors (Lipinski definition) is 1. The van der Waals surface area contributed by atoms with Crippen molar-refractivity contribution in [1.29, 1.82) is 0 Å². The highest BCUT2D eigenvalue weighted by Crippen LogP contribution is 2.16. The predicted molar refractivity (Wildman–Crippen MR) is 73.6 cm³/mol. The van der Waals surface area contributed by atoms with Crippen molar-refractivity contribution in [2.75, 3.05) is 20.3 Å². The Labute approximate surface area is 113 Å². The van der Waals surface area contributed by atoms with Crippen LogP contribution in [-0.2, 0) is 6.54 Å². The number of ether oxygens (including phenoxy) is 2. The lowest BCUT2D eigenvalue weighted by Crippen LogP contribution is -2.20. The van der Waals surface area contributed by atoms with Crippen molar-refractivity contribution in [3.63, 3.8) is 0 Å². The minimum absolute atomic E-state index is 0.617. The van der Waals surface area contributed by atoms with Crippen molar-refractivity contribution < 1.29 is 13.9 Å². The molecule has 4 heteroatoms. The molecule has 0 atom stereocenters. The number of furan rings is 1. The Balaban J connectivity index is 1.63. The van der Waals surface area contributed by atoms with Crippen molar-refractivity contribution in [3.8, 4) is 11.5 Å². The first kappa shape index (κ1) is 13.5. The molecule has 1 aromatic carbocycles. The van der Waals surface area contributed by atoms with Gasteiger partial charge in [0.25, 0.3) is 0 Å². The average Bonchev–Trinajstić information content (AvgIpc) is 2.85. The zero-order valence-electron chi connectivity index (χ0n) is 11.3. The molecule has 0 radical (unpaired) electrons. The van der Waals surface area contributed by atoms with Gasteiger partial charge in [-0.05, 0) is 43.3 Å². The van der Waals surface area contributed by atoms with Crippen LogP contribution >= 0.6 is 0 Å². The summed E-state index contributed by atoms with van der Waals surface area (Å²) in [5, 5.41) is 3.26. The zero-order chi connectivity index (χ0) is 13.5. The first-order valence-corrected chi connectivity index (χ1v) is 6.31. The molecule has 102 valence electrons. The second kappa shape index (κ2) is 6.85. The van der Waals surface area contributed by atoms with E-state index in [4.69, 9.17) is 13.9 Å². The molecule has 1 heterocycles. The van der Waals surface area contributed by atoms with E-state index in [9.17, 15) is 0 Å². The van der Waals surface area contributed by atoms with E-state index >= 15 is 0 Å². The van der Waals surface area contributed by atoms with Gasteiger partial charge in [0.2, 0.25) is 0 Å². The Morgan fingerprint density at radius 2 is 1.79 bits per heavy atom. The van der Waals surface area contributed by atoms with Gasteiger partial charge in [-0.25, -0.2) is 0 Å². The summed E-state index contributed by atoms with van der Waals surface area (Å²) in [5.74, 6) is 3.56. The topological polar surface area (TPSA) is 43.6 Å². The van der Waals surface area contributed by atoms with Crippen LogP contribution in [0.15, 0.2) is 40.8 Å². The molecule has 0 saturated carbocycles. The van der Waals surface area contributed by atoms with Crippen molar-refractivity contribution >= 4 is 0 Å². The van der Waals surface area contributed by atoms with Crippen LogP contribution in [0.1, 0.15) is 11.5 Å². The second-order valence-electron chi connectivity index (χ2n) is 4.21. The number of methoxy groups -OCH3 is 1. The molecule has 4 nitrogen and oxygen atoms in total. The molecule has 2 aromatic rings. The highest BCUT2D eigenvalue weighted by molar-refractivity contribution is 5.31. The molecule has 0 aliphatic carbocycles. The lowest BCUT2D eigenvalue weighted by atomic mass is 10.3. The van der Waals surface area contributed by atoms with Crippen molar-refractivity contribution in [2.45, 2.75) is 13.5 Å². The Kier molecular flexibility index (Phi) is 4.86. The third kappa shape index (κ3) is 4.34. The van der Waals surface area contributed by atoms with Crippen LogP contribution in [0.4, 0.5) is 0 Å². The summed E-state index contributed by atoms with van der Waals surface area (Å²) >= 11 is 0. The van der Waals surface area contributed by atoms with E-state index in [1.54, 1.807) is 7.11 Å². The van der Waals surface area contributed by atoms with Crippen LogP contribution < -0.4 is 14.8 Å². The Morgan fingerprint density at radius 1 is 1.05 bits per heavy atom. The van der Waals surface area contributed by atoms with Gasteiger partial charge < -0.3 is 19.2 Å². The van der Waals surface area contributed by atoms with E-state index in [1.807, 2.05) is 43.3 Å². The van der Waals surface area contributed by atoms with Gasteiger partial charge in [-0.2, -0.15) is 0 Å². The number of hydrogen-bond acceptors (Lipinski definition) is 4. The fourth-order valence-corrected chi connectivity index (χ4v) is 1.70. The van der Waals surface area contributed by atoms with Gasteiger partial charge in [-0.1, -0.05) is 0 Å². The smallest absolute Gasteiger partial charge is 0.119 e. The SMILES string of the molecule is COc1ccc(OCCNCc2ccc(C)o2)cc1. The standard InChI is InChI=1S/C15H19NO3/c1-12-3-4-15(19-12)11-16-9-10-18-14-7-5-13(17-2)6-8-14/h3-8,16H,9-11H2,1-2H3. The van der Waals surface area contributed by atoms with Gasteiger partial charge in [0, 0.05) is 6.54 Å². The molecule has 0 unspecified atom stereocenters. The highest BCUT2D eigenvalue weighted by atomic mass is 16.5. The maximum atomic E-state index is 5.60. The van der Waals surface area contributed by atoms with E-state index in [0.29, 0.717) is 6.61 Å². The monoisotopic (exact) mass is 261 g/mol. The van der Waals surface area contributed by atoms with E-state index in [-0.39, 0.29) is 0 Å². The third-order valence-corrected chi connectivity index (χ3v) is 2.70. The second-order valence-corrected chi connectivity index (χ2v) is 4.21. The van der Waals surface area contributed by atoms with Crippen molar-refractivity contribution in [3.05, 3.63) is 47.9 Å². The summed E-state index contributed by atoms with van der Waals surface area (Å²) in [6, 6.07) is 11.5. The van der Waals surface area contributed by atoms with Gasteiger partial charge in [0.05, 0.1) is 13.7 Å². The lowest BCUT2D eigenvalue weighted by molar-refractivity contribution is 0.310. The molecule has 1 N–H and O–H groups in total. The van der Waals surface area contributed by atoms with Crippen LogP contribution in [0, 0.1) is 6.92 Å². The molecular formula is C15H19NO3. The zero-order valence-corrected chi connectivity index (χ0v) is 11.3. The summed E-state index contributed by atoms with van der Waals surface area (Å²) in [6.07, 6.45) is 0. The molecule has 2 rings (SSSR count). The average molecular weight is 261 g/mol. The maximum absolute atomic E-state index is 5.60. The number of rotatable bonds is 7. The fraction of sp³-hybridized carbons (Fsp3) is 0.333. The summed E-state index contributed by atoms with van der Waals surface area (Å²) in [5.41, 5.74) is 0. The first-order chi connectivity index (χ1) is 9.28. The Hall–Kier alpha value is -1.94. The molecule has 0 bridgehead atoms. The van der Waals surface area contributed by atoms with E-state index in [1.165, 1.54) is 0 Å². The highest BCUT2D eigenvalue weighted by Gasteiger charge is 1.98. The van der Waals surface area contributed by atoms with Crippen LogP contribution in [0.2, 0.25) is 0 Å². The van der Waals surface area contributed by atoms with Gasteiger partial charge in [-0.3, -0.25) is 0 Å². The molecular weight excluding hydrogens is 242 g/mol. The molecule has 0 aliphatic heterocycles. The van der Waals surface area contributed by atoms with Crippen LogP contribution in [0.3, 0.4) is 0 Å². The number of benzene rings is 1. The molecule has 1 aromatic heterocycles. The molecule has 19 heavy (non-hydrogen) atoms. The third-order valence-electron chi connectivity index (χ3n) is 2.70. The Bertz CT molecular complexity index is 490. The largest absolute Gasteiger partial charge is 0.497 e. The van der Waals surface area contributed by atoms with E-state index in [0.717, 1.165) is 36.1 Å². The molecule has 0 amide bonds. The molecule has 0 saturated heterocycles. The minimum Gasteiger partial charge on any atom is -0.497 e. The van der Waals surface area contributed by atoms with Crippen LogP contribution in [-0.4, -0.2) is 20.3 Å². The normalized spacial score (nSPS) is 10.4. The van der Waals surface area contributed by atoms with Gasteiger partial charge >= 0.3 is 0 Å². The van der Waals surface area contributed by atoms with Crippen LogP contribution in [0.5, 0.6) is 11.5 Å². The summed E-state index contributed by atoms with van der Waals surface area (Å²) in [7, 11) is 1.65. The van der Waals surface area contributed by atoms with Gasteiger partial charge in [0.1, 0.15) is 29.6 Å². The summed E-state index contributed by atoms with van der Waals surface area (Å²) in [6.45, 7) is 4.05. The van der Waals surface area contributed by atoms with E-state index < -0.39 is 0 Å². The van der Waals surface area contributed by atoms with Crippen molar-refractivity contribution in [1.82, 2.24) is 5.32 Å². The Morgan fingerprint density at radius 3 is 2.42 bits per heavy atom. The summed E-state index contributed by atoms with van der Waals surface area (Å²) < 4.78 is 16.1. The van der Waals surface area contributed by atoms with Crippen LogP contribution in [0.25, 0.3) is 0 Å². The predicted octanol–water partition coefficient (Wildman–Crippen LogP) is 2.77. The maximum Gasteiger partial charge on any atom is 0.119 e. The van der Waals surface area contributed by atoms with E-state index in [2.05, 4.69) is 5.32 Å². The van der Waals surface area contributed by atoms with Crippen molar-refractivity contribution in [2.24, 2.45) is 0 Å². The first-order valence-electron chi connectivity index (χ1n) is 6.31. The number of aryl methyl sites for hydroxylation is 1.